The Morgan fingerprint density at radius 2 is 1.94 bits per heavy atom. The van der Waals surface area contributed by atoms with E-state index < -0.39 is 0 Å². The fraction of sp³-hybridized carbons (Fsp3) is 0.583. The molecular formula is C12H17BrO2S2. The van der Waals surface area contributed by atoms with Crippen LogP contribution in [0, 0.1) is 6.92 Å². The van der Waals surface area contributed by atoms with E-state index in [1.165, 1.54) is 11.3 Å². The molecule has 1 aromatic heterocycles. The summed E-state index contributed by atoms with van der Waals surface area (Å²) in [6, 6.07) is 0. The highest BCUT2D eigenvalue weighted by molar-refractivity contribution is 9.10. The molecule has 96 valence electrons. The van der Waals surface area contributed by atoms with Gasteiger partial charge in [-0.2, -0.15) is 0 Å². The van der Waals surface area contributed by atoms with Gasteiger partial charge < -0.3 is 4.74 Å². The topological polar surface area (TPSA) is 26.3 Å². The van der Waals surface area contributed by atoms with Crippen LogP contribution in [0.2, 0.25) is 0 Å². The summed E-state index contributed by atoms with van der Waals surface area (Å²) in [4.78, 5) is 14.8. The molecule has 1 aromatic rings. The van der Waals surface area contributed by atoms with E-state index in [9.17, 15) is 4.79 Å². The highest BCUT2D eigenvalue weighted by Crippen LogP contribution is 2.41. The number of hydrogen-bond donors (Lipinski definition) is 0. The minimum atomic E-state index is -0.220. The monoisotopic (exact) mass is 336 g/mol. The number of carbonyl (C=O) groups is 1. The summed E-state index contributed by atoms with van der Waals surface area (Å²) in [6.45, 7) is 9.96. The highest BCUT2D eigenvalue weighted by Gasteiger charge is 2.22. The van der Waals surface area contributed by atoms with E-state index in [2.05, 4.69) is 29.8 Å². The number of thiophene rings is 1. The first-order valence-corrected chi connectivity index (χ1v) is 7.98. The van der Waals surface area contributed by atoms with Crippen molar-refractivity contribution in [3.05, 3.63) is 14.2 Å². The number of esters is 1. The smallest absolute Gasteiger partial charge is 0.349 e. The molecule has 0 saturated heterocycles. The van der Waals surface area contributed by atoms with E-state index in [1.807, 2.05) is 20.8 Å². The molecule has 0 radical (unpaired) electrons. The molecule has 17 heavy (non-hydrogen) atoms. The van der Waals surface area contributed by atoms with Crippen molar-refractivity contribution in [1.29, 1.82) is 0 Å². The SMILES string of the molecule is Cc1sc(C(=O)OC(C)C)c(SC(C)C)c1Br. The molecule has 0 aliphatic carbocycles. The molecule has 0 saturated carbocycles. The summed E-state index contributed by atoms with van der Waals surface area (Å²) in [6.07, 6.45) is -0.0828. The molecule has 0 N–H and O–H groups in total. The zero-order valence-electron chi connectivity index (χ0n) is 10.7. The van der Waals surface area contributed by atoms with Crippen LogP contribution in [0.25, 0.3) is 0 Å². The third-order valence-corrected chi connectivity index (χ3v) is 5.70. The Hall–Kier alpha value is -0.000000000000000111. The molecule has 0 unspecified atom stereocenters. The molecular weight excluding hydrogens is 320 g/mol. The van der Waals surface area contributed by atoms with Gasteiger partial charge in [-0.1, -0.05) is 13.8 Å². The lowest BCUT2D eigenvalue weighted by molar-refractivity contribution is 0.0380. The number of ether oxygens (including phenoxy) is 1. The normalized spacial score (nSPS) is 11.3. The van der Waals surface area contributed by atoms with Crippen molar-refractivity contribution in [1.82, 2.24) is 0 Å². The molecule has 2 nitrogen and oxygen atoms in total. The van der Waals surface area contributed by atoms with Crippen molar-refractivity contribution < 1.29 is 9.53 Å². The minimum Gasteiger partial charge on any atom is -0.459 e. The minimum absolute atomic E-state index is 0.0828. The zero-order chi connectivity index (χ0) is 13.2. The van der Waals surface area contributed by atoms with Crippen LogP contribution in [0.15, 0.2) is 9.37 Å². The van der Waals surface area contributed by atoms with Crippen LogP contribution in [0.3, 0.4) is 0 Å². The quantitative estimate of drug-likeness (QED) is 0.578. The summed E-state index contributed by atoms with van der Waals surface area (Å²) < 4.78 is 6.29. The van der Waals surface area contributed by atoms with Crippen molar-refractivity contribution in [2.24, 2.45) is 0 Å². The summed E-state index contributed by atoms with van der Waals surface area (Å²) >= 11 is 6.73. The van der Waals surface area contributed by atoms with Crippen molar-refractivity contribution >= 4 is 45.0 Å². The van der Waals surface area contributed by atoms with E-state index in [4.69, 9.17) is 4.74 Å². The predicted octanol–water partition coefficient (Wildman–Crippen LogP) is 4.88. The molecule has 1 rings (SSSR count). The first-order chi connectivity index (χ1) is 7.82. The molecule has 0 bridgehead atoms. The van der Waals surface area contributed by atoms with Gasteiger partial charge >= 0.3 is 5.97 Å². The van der Waals surface area contributed by atoms with Gasteiger partial charge in [-0.05, 0) is 36.7 Å². The van der Waals surface area contributed by atoms with Crippen LogP contribution in [0.5, 0.6) is 0 Å². The lowest BCUT2D eigenvalue weighted by atomic mass is 10.4. The molecule has 5 heteroatoms. The Morgan fingerprint density at radius 3 is 2.41 bits per heavy atom. The summed E-state index contributed by atoms with van der Waals surface area (Å²) in [5.41, 5.74) is 0. The third-order valence-electron chi connectivity index (χ3n) is 1.85. The molecule has 1 heterocycles. The van der Waals surface area contributed by atoms with E-state index in [0.29, 0.717) is 10.1 Å². The first kappa shape index (κ1) is 15.1. The van der Waals surface area contributed by atoms with Gasteiger partial charge in [0.05, 0.1) is 6.10 Å². The van der Waals surface area contributed by atoms with Crippen LogP contribution in [0.1, 0.15) is 42.2 Å². The Morgan fingerprint density at radius 1 is 1.35 bits per heavy atom. The summed E-state index contributed by atoms with van der Waals surface area (Å²) in [5.74, 6) is -0.220. The third kappa shape index (κ3) is 4.00. The maximum atomic E-state index is 12.0. The number of aryl methyl sites for hydroxylation is 1. The molecule has 0 atom stereocenters. The molecule has 0 aliphatic rings. The van der Waals surface area contributed by atoms with Crippen LogP contribution in [-0.4, -0.2) is 17.3 Å². The predicted molar refractivity (Wildman–Crippen MR) is 78.3 cm³/mol. The van der Waals surface area contributed by atoms with Gasteiger partial charge in [-0.25, -0.2) is 4.79 Å². The Balaban J connectivity index is 3.06. The molecule has 0 amide bonds. The Kier molecular flexibility index (Phi) is 5.54. The Bertz CT molecular complexity index is 411. The van der Waals surface area contributed by atoms with Gasteiger partial charge in [0.25, 0.3) is 0 Å². The van der Waals surface area contributed by atoms with Crippen LogP contribution in [-0.2, 0) is 4.74 Å². The van der Waals surface area contributed by atoms with Gasteiger partial charge in [0.15, 0.2) is 0 Å². The number of carbonyl (C=O) groups excluding carboxylic acids is 1. The molecule has 0 fully saturated rings. The number of thioether (sulfide) groups is 1. The van der Waals surface area contributed by atoms with Crippen LogP contribution in [0.4, 0.5) is 0 Å². The van der Waals surface area contributed by atoms with Crippen LogP contribution < -0.4 is 0 Å². The average Bonchev–Trinajstić information content (AvgIpc) is 2.44. The summed E-state index contributed by atoms with van der Waals surface area (Å²) in [5, 5.41) is 0.436. The van der Waals surface area contributed by atoms with Crippen LogP contribution >= 0.6 is 39.0 Å². The second-order valence-corrected chi connectivity index (χ2v) is 7.86. The van der Waals surface area contributed by atoms with Gasteiger partial charge in [0, 0.05) is 19.5 Å². The molecule has 0 aliphatic heterocycles. The van der Waals surface area contributed by atoms with E-state index in [-0.39, 0.29) is 12.1 Å². The lowest BCUT2D eigenvalue weighted by Gasteiger charge is -2.09. The standard InChI is InChI=1S/C12H17BrO2S2/c1-6(2)15-12(14)11-10(16-7(3)4)9(13)8(5)17-11/h6-7H,1-5H3. The van der Waals surface area contributed by atoms with Crippen molar-refractivity contribution in [3.8, 4) is 0 Å². The van der Waals surface area contributed by atoms with E-state index in [1.54, 1.807) is 11.8 Å². The van der Waals surface area contributed by atoms with Crippen molar-refractivity contribution in [2.75, 3.05) is 0 Å². The van der Waals surface area contributed by atoms with E-state index >= 15 is 0 Å². The van der Waals surface area contributed by atoms with Gasteiger partial charge in [0.1, 0.15) is 4.88 Å². The highest BCUT2D eigenvalue weighted by atomic mass is 79.9. The second kappa shape index (κ2) is 6.25. The average molecular weight is 337 g/mol. The fourth-order valence-corrected chi connectivity index (χ4v) is 4.18. The largest absolute Gasteiger partial charge is 0.459 e. The lowest BCUT2D eigenvalue weighted by Crippen LogP contribution is -2.11. The number of hydrogen-bond acceptors (Lipinski definition) is 4. The van der Waals surface area contributed by atoms with Crippen molar-refractivity contribution in [2.45, 2.75) is 50.9 Å². The van der Waals surface area contributed by atoms with Gasteiger partial charge in [-0.15, -0.1) is 23.1 Å². The maximum Gasteiger partial charge on any atom is 0.349 e. The first-order valence-electron chi connectivity index (χ1n) is 5.49. The van der Waals surface area contributed by atoms with Gasteiger partial charge in [0.2, 0.25) is 0 Å². The Labute approximate surface area is 119 Å². The molecule has 0 aromatic carbocycles. The van der Waals surface area contributed by atoms with Crippen molar-refractivity contribution in [3.63, 3.8) is 0 Å². The van der Waals surface area contributed by atoms with Gasteiger partial charge in [-0.3, -0.25) is 0 Å². The second-order valence-electron chi connectivity index (χ2n) is 4.25. The zero-order valence-corrected chi connectivity index (χ0v) is 13.9. The van der Waals surface area contributed by atoms with E-state index in [0.717, 1.165) is 14.2 Å². The fourth-order valence-electron chi connectivity index (χ4n) is 1.25. The number of halogens is 1. The maximum absolute atomic E-state index is 12.0. The number of rotatable bonds is 4. The summed E-state index contributed by atoms with van der Waals surface area (Å²) in [7, 11) is 0. The molecule has 0 spiro atoms.